The second kappa shape index (κ2) is 6.06. The van der Waals surface area contributed by atoms with Crippen LogP contribution in [0.5, 0.6) is 11.5 Å². The second-order valence-electron chi connectivity index (χ2n) is 5.89. The summed E-state index contributed by atoms with van der Waals surface area (Å²) in [5, 5.41) is 3.14. The summed E-state index contributed by atoms with van der Waals surface area (Å²) < 4.78 is 6.00. The van der Waals surface area contributed by atoms with Crippen LogP contribution in [0.1, 0.15) is 31.9 Å². The zero-order valence-corrected chi connectivity index (χ0v) is 12.6. The number of hydrogen-bond acceptors (Lipinski definition) is 3. The lowest BCUT2D eigenvalue weighted by atomic mass is 9.87. The largest absolute Gasteiger partial charge is 0.455 e. The molecule has 0 unspecified atom stereocenters. The lowest BCUT2D eigenvalue weighted by Gasteiger charge is -2.20. The van der Waals surface area contributed by atoms with E-state index in [4.69, 9.17) is 4.74 Å². The molecular formula is C17H22N2O. The highest BCUT2D eigenvalue weighted by atomic mass is 16.5. The van der Waals surface area contributed by atoms with Crippen LogP contribution in [0.4, 0.5) is 0 Å². The van der Waals surface area contributed by atoms with Crippen molar-refractivity contribution in [3.8, 4) is 11.5 Å². The van der Waals surface area contributed by atoms with Crippen molar-refractivity contribution in [1.29, 1.82) is 0 Å². The Morgan fingerprint density at radius 3 is 2.70 bits per heavy atom. The van der Waals surface area contributed by atoms with Crippen molar-refractivity contribution in [3.63, 3.8) is 0 Å². The van der Waals surface area contributed by atoms with E-state index in [-0.39, 0.29) is 5.41 Å². The minimum atomic E-state index is 0.113. The van der Waals surface area contributed by atoms with E-state index in [2.05, 4.69) is 43.2 Å². The normalized spacial score (nSPS) is 11.4. The van der Waals surface area contributed by atoms with Gasteiger partial charge in [-0.05, 0) is 36.2 Å². The third kappa shape index (κ3) is 3.58. The van der Waals surface area contributed by atoms with E-state index in [0.29, 0.717) is 0 Å². The molecule has 0 radical (unpaired) electrons. The molecule has 0 bridgehead atoms. The Kier molecular flexibility index (Phi) is 4.40. The maximum Gasteiger partial charge on any atom is 0.150 e. The van der Waals surface area contributed by atoms with Gasteiger partial charge < -0.3 is 10.1 Å². The molecule has 0 saturated heterocycles. The first-order valence-corrected chi connectivity index (χ1v) is 6.86. The summed E-state index contributed by atoms with van der Waals surface area (Å²) in [6.45, 7) is 7.35. The number of pyridine rings is 1. The number of benzene rings is 1. The fourth-order valence-electron chi connectivity index (χ4n) is 1.99. The standard InChI is InChI=1S/C17H22N2O/c1-17(2,3)14-6-5-7-15(10-14)20-16-12-19-9-8-13(16)11-18-4/h5-10,12,18H,11H2,1-4H3. The average molecular weight is 270 g/mol. The van der Waals surface area contributed by atoms with E-state index in [0.717, 1.165) is 23.6 Å². The Labute approximate surface area is 121 Å². The minimum absolute atomic E-state index is 0.113. The summed E-state index contributed by atoms with van der Waals surface area (Å²) in [5.74, 6) is 1.65. The van der Waals surface area contributed by atoms with Gasteiger partial charge in [0.1, 0.15) is 11.5 Å². The van der Waals surface area contributed by atoms with Crippen LogP contribution in [0.15, 0.2) is 42.7 Å². The maximum atomic E-state index is 6.00. The smallest absolute Gasteiger partial charge is 0.150 e. The molecule has 3 heteroatoms. The average Bonchev–Trinajstić information content (AvgIpc) is 2.41. The first-order valence-electron chi connectivity index (χ1n) is 6.86. The number of nitrogens with zero attached hydrogens (tertiary/aromatic N) is 1. The van der Waals surface area contributed by atoms with Crippen LogP contribution in [0.25, 0.3) is 0 Å². The fourth-order valence-corrected chi connectivity index (χ4v) is 1.99. The van der Waals surface area contributed by atoms with Gasteiger partial charge in [0.05, 0.1) is 6.20 Å². The zero-order chi connectivity index (χ0) is 14.6. The van der Waals surface area contributed by atoms with Crippen molar-refractivity contribution in [2.45, 2.75) is 32.7 Å². The molecule has 0 spiro atoms. The van der Waals surface area contributed by atoms with E-state index in [1.54, 1.807) is 12.4 Å². The van der Waals surface area contributed by atoms with Crippen LogP contribution in [0.3, 0.4) is 0 Å². The molecule has 0 saturated carbocycles. The Hall–Kier alpha value is -1.87. The lowest BCUT2D eigenvalue weighted by Crippen LogP contribution is -2.11. The van der Waals surface area contributed by atoms with Gasteiger partial charge in [0, 0.05) is 18.3 Å². The fraction of sp³-hybridized carbons (Fsp3) is 0.353. The van der Waals surface area contributed by atoms with E-state index in [1.807, 2.05) is 25.2 Å². The summed E-state index contributed by atoms with van der Waals surface area (Å²) in [4.78, 5) is 4.14. The third-order valence-corrected chi connectivity index (χ3v) is 3.17. The number of aromatic nitrogens is 1. The molecule has 0 amide bonds. The van der Waals surface area contributed by atoms with Gasteiger partial charge in [0.2, 0.25) is 0 Å². The summed E-state index contributed by atoms with van der Waals surface area (Å²) in [5.41, 5.74) is 2.47. The van der Waals surface area contributed by atoms with Crippen molar-refractivity contribution < 1.29 is 4.74 Å². The van der Waals surface area contributed by atoms with Crippen molar-refractivity contribution in [3.05, 3.63) is 53.9 Å². The van der Waals surface area contributed by atoms with E-state index >= 15 is 0 Å². The summed E-state index contributed by atoms with van der Waals surface area (Å²) in [7, 11) is 1.92. The molecule has 0 aliphatic carbocycles. The van der Waals surface area contributed by atoms with Gasteiger partial charge >= 0.3 is 0 Å². The van der Waals surface area contributed by atoms with Crippen LogP contribution in [-0.2, 0) is 12.0 Å². The van der Waals surface area contributed by atoms with Gasteiger partial charge in [-0.3, -0.25) is 4.98 Å². The lowest BCUT2D eigenvalue weighted by molar-refractivity contribution is 0.468. The molecule has 1 N–H and O–H groups in total. The van der Waals surface area contributed by atoms with Crippen molar-refractivity contribution >= 4 is 0 Å². The third-order valence-electron chi connectivity index (χ3n) is 3.17. The highest BCUT2D eigenvalue weighted by molar-refractivity contribution is 5.38. The summed E-state index contributed by atoms with van der Waals surface area (Å²) in [6.07, 6.45) is 3.54. The molecular weight excluding hydrogens is 248 g/mol. The molecule has 1 aromatic heterocycles. The number of hydrogen-bond donors (Lipinski definition) is 1. The molecule has 2 rings (SSSR count). The minimum Gasteiger partial charge on any atom is -0.455 e. The maximum absolute atomic E-state index is 6.00. The molecule has 1 aromatic carbocycles. The molecule has 106 valence electrons. The number of rotatable bonds is 4. The quantitative estimate of drug-likeness (QED) is 0.915. The predicted octanol–water partition coefficient (Wildman–Crippen LogP) is 3.89. The molecule has 20 heavy (non-hydrogen) atoms. The second-order valence-corrected chi connectivity index (χ2v) is 5.89. The molecule has 0 aliphatic rings. The Balaban J connectivity index is 2.26. The summed E-state index contributed by atoms with van der Waals surface area (Å²) >= 11 is 0. The highest BCUT2D eigenvalue weighted by Gasteiger charge is 2.14. The van der Waals surface area contributed by atoms with Crippen LogP contribution in [0.2, 0.25) is 0 Å². The van der Waals surface area contributed by atoms with E-state index in [1.165, 1.54) is 5.56 Å². The molecule has 0 fully saturated rings. The van der Waals surface area contributed by atoms with Crippen molar-refractivity contribution in [1.82, 2.24) is 10.3 Å². The van der Waals surface area contributed by atoms with Gasteiger partial charge in [-0.25, -0.2) is 0 Å². The van der Waals surface area contributed by atoms with E-state index < -0.39 is 0 Å². The highest BCUT2D eigenvalue weighted by Crippen LogP contribution is 2.29. The van der Waals surface area contributed by atoms with E-state index in [9.17, 15) is 0 Å². The van der Waals surface area contributed by atoms with Gasteiger partial charge in [0.15, 0.2) is 0 Å². The van der Waals surface area contributed by atoms with Crippen molar-refractivity contribution in [2.75, 3.05) is 7.05 Å². The first kappa shape index (κ1) is 14.5. The Morgan fingerprint density at radius 2 is 2.00 bits per heavy atom. The van der Waals surface area contributed by atoms with Gasteiger partial charge in [-0.15, -0.1) is 0 Å². The molecule has 2 aromatic rings. The van der Waals surface area contributed by atoms with Crippen molar-refractivity contribution in [2.24, 2.45) is 0 Å². The topological polar surface area (TPSA) is 34.2 Å². The monoisotopic (exact) mass is 270 g/mol. The molecule has 3 nitrogen and oxygen atoms in total. The van der Waals surface area contributed by atoms with Gasteiger partial charge in [0.25, 0.3) is 0 Å². The van der Waals surface area contributed by atoms with Crippen LogP contribution in [0, 0.1) is 0 Å². The van der Waals surface area contributed by atoms with Gasteiger partial charge in [-0.2, -0.15) is 0 Å². The first-order chi connectivity index (χ1) is 9.50. The Bertz CT molecular complexity index is 573. The summed E-state index contributed by atoms with van der Waals surface area (Å²) in [6, 6.07) is 10.2. The van der Waals surface area contributed by atoms with Crippen LogP contribution < -0.4 is 10.1 Å². The predicted molar refractivity (Wildman–Crippen MR) is 82.2 cm³/mol. The zero-order valence-electron chi connectivity index (χ0n) is 12.6. The van der Waals surface area contributed by atoms with Crippen LogP contribution >= 0.6 is 0 Å². The SMILES string of the molecule is CNCc1ccncc1Oc1cccc(C(C)(C)C)c1. The number of ether oxygens (including phenoxy) is 1. The number of nitrogens with one attached hydrogen (secondary N) is 1. The van der Waals surface area contributed by atoms with Crippen LogP contribution in [-0.4, -0.2) is 12.0 Å². The molecule has 1 heterocycles. The molecule has 0 aliphatic heterocycles. The Morgan fingerprint density at radius 1 is 1.20 bits per heavy atom. The van der Waals surface area contributed by atoms with Gasteiger partial charge in [-0.1, -0.05) is 32.9 Å². The molecule has 0 atom stereocenters.